The summed E-state index contributed by atoms with van der Waals surface area (Å²) in [6.07, 6.45) is 0. The predicted molar refractivity (Wildman–Crippen MR) is 102 cm³/mol. The van der Waals surface area contributed by atoms with E-state index >= 15 is 0 Å². The molecule has 1 aromatic heterocycles. The minimum Gasteiger partial charge on any atom is -0.496 e. The standard InChI is InChI=1S/C21H18O7/c1-11-10-17(23)28-20-13(11)8-9-16(18(20)12(2)22)27-21(24)19-14(25-3)6-5-7-15(19)26-4/h5-10H,1-4H3. The van der Waals surface area contributed by atoms with E-state index in [1.807, 2.05) is 0 Å². The molecule has 2 aromatic carbocycles. The molecule has 7 nitrogen and oxygen atoms in total. The van der Waals surface area contributed by atoms with Crippen molar-refractivity contribution < 1.29 is 28.2 Å². The number of carbonyl (C=O) groups excluding carboxylic acids is 2. The van der Waals surface area contributed by atoms with E-state index in [4.69, 9.17) is 18.6 Å². The molecule has 0 unspecified atom stereocenters. The molecule has 144 valence electrons. The highest BCUT2D eigenvalue weighted by Gasteiger charge is 2.24. The van der Waals surface area contributed by atoms with Gasteiger partial charge in [0, 0.05) is 11.5 Å². The first-order chi connectivity index (χ1) is 13.4. The fourth-order valence-electron chi connectivity index (χ4n) is 2.99. The van der Waals surface area contributed by atoms with Gasteiger partial charge in [-0.15, -0.1) is 0 Å². The third-order valence-corrected chi connectivity index (χ3v) is 4.27. The van der Waals surface area contributed by atoms with Gasteiger partial charge in [0.2, 0.25) is 0 Å². The summed E-state index contributed by atoms with van der Waals surface area (Å²) in [6.45, 7) is 3.03. The lowest BCUT2D eigenvalue weighted by Gasteiger charge is -2.14. The quantitative estimate of drug-likeness (QED) is 0.288. The average Bonchev–Trinajstić information content (AvgIpc) is 2.66. The van der Waals surface area contributed by atoms with Crippen LogP contribution in [0.1, 0.15) is 33.2 Å². The maximum Gasteiger partial charge on any atom is 0.351 e. The van der Waals surface area contributed by atoms with Crippen LogP contribution < -0.4 is 19.8 Å². The van der Waals surface area contributed by atoms with Crippen molar-refractivity contribution in [3.63, 3.8) is 0 Å². The molecule has 0 saturated heterocycles. The van der Waals surface area contributed by atoms with Crippen LogP contribution in [0.2, 0.25) is 0 Å². The lowest BCUT2D eigenvalue weighted by atomic mass is 10.0. The minimum atomic E-state index is -0.772. The van der Waals surface area contributed by atoms with E-state index in [1.165, 1.54) is 33.3 Å². The molecule has 3 rings (SSSR count). The molecule has 0 amide bonds. The first-order valence-electron chi connectivity index (χ1n) is 8.39. The number of esters is 1. The number of ether oxygens (including phenoxy) is 3. The van der Waals surface area contributed by atoms with Crippen LogP contribution in [0.3, 0.4) is 0 Å². The van der Waals surface area contributed by atoms with E-state index in [9.17, 15) is 14.4 Å². The summed E-state index contributed by atoms with van der Waals surface area (Å²) < 4.78 is 21.2. The molecule has 28 heavy (non-hydrogen) atoms. The van der Waals surface area contributed by atoms with Gasteiger partial charge in [0.1, 0.15) is 28.4 Å². The van der Waals surface area contributed by atoms with Crippen LogP contribution in [-0.4, -0.2) is 26.0 Å². The molecule has 3 aromatic rings. The summed E-state index contributed by atoms with van der Waals surface area (Å²) in [4.78, 5) is 36.9. The number of benzene rings is 2. The topological polar surface area (TPSA) is 92.0 Å². The zero-order valence-corrected chi connectivity index (χ0v) is 15.8. The van der Waals surface area contributed by atoms with Crippen molar-refractivity contribution in [2.24, 2.45) is 0 Å². The van der Waals surface area contributed by atoms with E-state index in [0.29, 0.717) is 10.9 Å². The molecule has 0 N–H and O–H groups in total. The van der Waals surface area contributed by atoms with Gasteiger partial charge in [0.25, 0.3) is 0 Å². The number of methoxy groups -OCH3 is 2. The average molecular weight is 382 g/mol. The maximum atomic E-state index is 12.8. The van der Waals surface area contributed by atoms with Crippen molar-refractivity contribution in [1.82, 2.24) is 0 Å². The molecular weight excluding hydrogens is 364 g/mol. The Hall–Kier alpha value is -3.61. The molecule has 0 atom stereocenters. The van der Waals surface area contributed by atoms with Gasteiger partial charge in [-0.05, 0) is 43.7 Å². The Morgan fingerprint density at radius 3 is 2.14 bits per heavy atom. The molecule has 0 spiro atoms. The minimum absolute atomic E-state index is 0.0144. The predicted octanol–water partition coefficient (Wildman–Crippen LogP) is 3.54. The fraction of sp³-hybridized carbons (Fsp3) is 0.190. The van der Waals surface area contributed by atoms with Crippen molar-refractivity contribution in [2.45, 2.75) is 13.8 Å². The largest absolute Gasteiger partial charge is 0.496 e. The van der Waals surface area contributed by atoms with Crippen LogP contribution in [0, 0.1) is 6.92 Å². The Bertz CT molecular complexity index is 1120. The zero-order chi connectivity index (χ0) is 20.4. The summed E-state index contributed by atoms with van der Waals surface area (Å²) in [7, 11) is 2.83. The summed E-state index contributed by atoms with van der Waals surface area (Å²) >= 11 is 0. The van der Waals surface area contributed by atoms with Crippen LogP contribution in [0.15, 0.2) is 45.6 Å². The van der Waals surface area contributed by atoms with Gasteiger partial charge in [-0.2, -0.15) is 0 Å². The number of rotatable bonds is 5. The Labute approximate surface area is 160 Å². The van der Waals surface area contributed by atoms with Crippen LogP contribution in [0.4, 0.5) is 0 Å². The first kappa shape index (κ1) is 19.2. The monoisotopic (exact) mass is 382 g/mol. The van der Waals surface area contributed by atoms with E-state index in [-0.39, 0.29) is 34.0 Å². The highest BCUT2D eigenvalue weighted by molar-refractivity contribution is 6.09. The third-order valence-electron chi connectivity index (χ3n) is 4.27. The Kier molecular flexibility index (Phi) is 5.17. The van der Waals surface area contributed by atoms with Gasteiger partial charge in [-0.25, -0.2) is 9.59 Å². The number of hydrogen-bond donors (Lipinski definition) is 0. The van der Waals surface area contributed by atoms with Crippen molar-refractivity contribution >= 4 is 22.7 Å². The number of carbonyl (C=O) groups is 2. The van der Waals surface area contributed by atoms with Crippen molar-refractivity contribution in [1.29, 1.82) is 0 Å². The summed E-state index contributed by atoms with van der Waals surface area (Å²) in [5.74, 6) is -0.680. The number of hydrogen-bond acceptors (Lipinski definition) is 7. The second-order valence-corrected chi connectivity index (χ2v) is 6.05. The van der Waals surface area contributed by atoms with Crippen LogP contribution in [0.25, 0.3) is 11.0 Å². The number of aryl methyl sites for hydroxylation is 1. The van der Waals surface area contributed by atoms with E-state index in [0.717, 1.165) is 0 Å². The summed E-state index contributed by atoms with van der Waals surface area (Å²) in [5.41, 5.74) is 0.225. The molecule has 0 saturated carbocycles. The van der Waals surface area contributed by atoms with Gasteiger partial charge in [0.15, 0.2) is 11.4 Å². The van der Waals surface area contributed by atoms with Crippen LogP contribution >= 0.6 is 0 Å². The van der Waals surface area contributed by atoms with Crippen molar-refractivity contribution in [3.05, 3.63) is 63.5 Å². The number of fused-ring (bicyclic) bond motifs is 1. The first-order valence-corrected chi connectivity index (χ1v) is 8.39. The van der Waals surface area contributed by atoms with Gasteiger partial charge < -0.3 is 18.6 Å². The molecule has 0 fully saturated rings. The van der Waals surface area contributed by atoms with E-state index in [2.05, 4.69) is 0 Å². The van der Waals surface area contributed by atoms with Gasteiger partial charge in [-0.3, -0.25) is 4.79 Å². The van der Waals surface area contributed by atoms with Crippen molar-refractivity contribution in [3.8, 4) is 17.2 Å². The Balaban J connectivity index is 2.16. The second-order valence-electron chi connectivity index (χ2n) is 6.05. The van der Waals surface area contributed by atoms with Gasteiger partial charge in [-0.1, -0.05) is 6.07 Å². The normalized spacial score (nSPS) is 10.6. The van der Waals surface area contributed by atoms with Gasteiger partial charge >= 0.3 is 11.6 Å². The maximum absolute atomic E-state index is 12.8. The third kappa shape index (κ3) is 3.34. The molecule has 0 bridgehead atoms. The van der Waals surface area contributed by atoms with E-state index in [1.54, 1.807) is 31.2 Å². The molecular formula is C21H18O7. The molecule has 1 heterocycles. The Morgan fingerprint density at radius 1 is 0.929 bits per heavy atom. The SMILES string of the molecule is COc1cccc(OC)c1C(=O)Oc1ccc2c(C)cc(=O)oc2c1C(C)=O. The molecule has 0 radical (unpaired) electrons. The smallest absolute Gasteiger partial charge is 0.351 e. The number of Topliss-reactive ketones (excluding diaryl/α,β-unsaturated/α-hetero) is 1. The molecule has 0 aliphatic rings. The highest BCUT2D eigenvalue weighted by atomic mass is 16.5. The van der Waals surface area contributed by atoms with Gasteiger partial charge in [0.05, 0.1) is 14.2 Å². The molecule has 7 heteroatoms. The van der Waals surface area contributed by atoms with E-state index < -0.39 is 17.4 Å². The number of ketones is 1. The zero-order valence-electron chi connectivity index (χ0n) is 15.8. The summed E-state index contributed by atoms with van der Waals surface area (Å²) in [6, 6.07) is 9.30. The molecule has 0 aliphatic carbocycles. The Morgan fingerprint density at radius 2 is 1.57 bits per heavy atom. The van der Waals surface area contributed by atoms with Crippen LogP contribution in [0.5, 0.6) is 17.2 Å². The van der Waals surface area contributed by atoms with Crippen LogP contribution in [-0.2, 0) is 0 Å². The summed E-state index contributed by atoms with van der Waals surface area (Å²) in [5, 5.41) is 0.583. The molecule has 0 aliphatic heterocycles. The lowest BCUT2D eigenvalue weighted by Crippen LogP contribution is -2.14. The van der Waals surface area contributed by atoms with Crippen molar-refractivity contribution in [2.75, 3.05) is 14.2 Å². The highest BCUT2D eigenvalue weighted by Crippen LogP contribution is 2.33. The fourth-order valence-corrected chi connectivity index (χ4v) is 2.99. The lowest BCUT2D eigenvalue weighted by molar-refractivity contribution is 0.0726. The second kappa shape index (κ2) is 7.56.